The molecule has 0 aliphatic heterocycles. The lowest BCUT2D eigenvalue weighted by Crippen LogP contribution is -2.26. The molecular formula is C27H22N4O2S. The highest BCUT2D eigenvalue weighted by molar-refractivity contribution is 8.00. The molecule has 3 aromatic carbocycles. The van der Waals surface area contributed by atoms with E-state index < -0.39 is 5.25 Å². The summed E-state index contributed by atoms with van der Waals surface area (Å²) in [5, 5.41) is 4.42. The first kappa shape index (κ1) is 21.9. The molecule has 5 aromatic rings. The molecule has 1 unspecified atom stereocenters. The molecule has 2 heterocycles. The number of nitrogens with zero attached hydrogens (tertiary/aromatic N) is 3. The maximum atomic E-state index is 13.4. The van der Waals surface area contributed by atoms with Crippen molar-refractivity contribution in [3.05, 3.63) is 101 Å². The van der Waals surface area contributed by atoms with Gasteiger partial charge in [0.2, 0.25) is 5.91 Å². The molecular weight excluding hydrogens is 444 g/mol. The number of thioether (sulfide) groups is 1. The number of pyridine rings is 1. The van der Waals surface area contributed by atoms with Gasteiger partial charge in [0.25, 0.3) is 5.56 Å². The van der Waals surface area contributed by atoms with E-state index in [1.165, 1.54) is 11.8 Å². The first-order valence-corrected chi connectivity index (χ1v) is 11.8. The van der Waals surface area contributed by atoms with Gasteiger partial charge in [0.05, 0.1) is 33.0 Å². The number of aryl methyl sites for hydroxylation is 1. The molecule has 0 spiro atoms. The number of nitrogens with one attached hydrogen (secondary N) is 1. The average molecular weight is 467 g/mol. The molecule has 1 N–H and O–H groups in total. The van der Waals surface area contributed by atoms with Crippen molar-refractivity contribution in [2.75, 3.05) is 5.32 Å². The molecule has 0 fully saturated rings. The molecule has 168 valence electrons. The van der Waals surface area contributed by atoms with Crippen LogP contribution in [-0.2, 0) is 4.79 Å². The van der Waals surface area contributed by atoms with E-state index >= 15 is 0 Å². The number of carbonyl (C=O) groups is 1. The van der Waals surface area contributed by atoms with Crippen LogP contribution in [0.25, 0.3) is 27.5 Å². The molecule has 1 atom stereocenters. The number of anilines is 1. The molecule has 0 aliphatic rings. The molecule has 6 nitrogen and oxygen atoms in total. The number of hydrogen-bond acceptors (Lipinski definition) is 5. The van der Waals surface area contributed by atoms with E-state index in [4.69, 9.17) is 4.98 Å². The van der Waals surface area contributed by atoms with Crippen molar-refractivity contribution in [2.24, 2.45) is 0 Å². The molecule has 2 aromatic heterocycles. The monoisotopic (exact) mass is 466 g/mol. The Bertz CT molecular complexity index is 1580. The van der Waals surface area contributed by atoms with Gasteiger partial charge in [-0.3, -0.25) is 19.1 Å². The molecule has 0 saturated heterocycles. The van der Waals surface area contributed by atoms with Crippen LogP contribution < -0.4 is 10.9 Å². The Labute approximate surface area is 200 Å². The Morgan fingerprint density at radius 2 is 1.50 bits per heavy atom. The molecule has 7 heteroatoms. The minimum Gasteiger partial charge on any atom is -0.324 e. The van der Waals surface area contributed by atoms with E-state index in [2.05, 4.69) is 10.3 Å². The van der Waals surface area contributed by atoms with Crippen molar-refractivity contribution in [3.8, 4) is 5.69 Å². The van der Waals surface area contributed by atoms with Gasteiger partial charge in [0.15, 0.2) is 5.16 Å². The Morgan fingerprint density at radius 1 is 0.882 bits per heavy atom. The van der Waals surface area contributed by atoms with Gasteiger partial charge < -0.3 is 5.32 Å². The normalized spacial score (nSPS) is 12.1. The van der Waals surface area contributed by atoms with Crippen LogP contribution in [0.5, 0.6) is 0 Å². The summed E-state index contributed by atoms with van der Waals surface area (Å²) in [6, 6.07) is 26.2. The second kappa shape index (κ2) is 9.11. The van der Waals surface area contributed by atoms with Crippen LogP contribution in [0.2, 0.25) is 0 Å². The molecule has 0 saturated carbocycles. The Balaban J connectivity index is 1.51. The van der Waals surface area contributed by atoms with Crippen LogP contribution in [0, 0.1) is 6.92 Å². The highest BCUT2D eigenvalue weighted by Crippen LogP contribution is 2.28. The summed E-state index contributed by atoms with van der Waals surface area (Å²) in [7, 11) is 0. The van der Waals surface area contributed by atoms with E-state index in [1.807, 2.05) is 92.7 Å². The van der Waals surface area contributed by atoms with Crippen LogP contribution in [0.15, 0.2) is 94.9 Å². The van der Waals surface area contributed by atoms with Gasteiger partial charge in [0.1, 0.15) is 0 Å². The highest BCUT2D eigenvalue weighted by Gasteiger charge is 2.21. The third-order valence-electron chi connectivity index (χ3n) is 5.51. The minimum absolute atomic E-state index is 0.164. The van der Waals surface area contributed by atoms with Crippen molar-refractivity contribution in [3.63, 3.8) is 0 Å². The lowest BCUT2D eigenvalue weighted by molar-refractivity contribution is -0.115. The zero-order valence-electron chi connectivity index (χ0n) is 18.7. The van der Waals surface area contributed by atoms with E-state index in [0.29, 0.717) is 27.4 Å². The van der Waals surface area contributed by atoms with Crippen molar-refractivity contribution < 1.29 is 4.79 Å². The fourth-order valence-corrected chi connectivity index (χ4v) is 4.78. The number of benzene rings is 3. The maximum Gasteiger partial charge on any atom is 0.266 e. The third kappa shape index (κ3) is 4.18. The van der Waals surface area contributed by atoms with Crippen LogP contribution >= 0.6 is 11.8 Å². The second-order valence-corrected chi connectivity index (χ2v) is 9.27. The summed E-state index contributed by atoms with van der Waals surface area (Å²) in [5.74, 6) is -0.178. The van der Waals surface area contributed by atoms with Gasteiger partial charge in [-0.25, -0.2) is 4.98 Å². The van der Waals surface area contributed by atoms with Gasteiger partial charge in [-0.15, -0.1) is 0 Å². The SMILES string of the molecule is Cc1cc(NC(=O)C(C)Sc2nc3ccccc3c(=O)n2-c2ccccc2)c2ccccc2n1. The lowest BCUT2D eigenvalue weighted by atomic mass is 10.1. The highest BCUT2D eigenvalue weighted by atomic mass is 32.2. The summed E-state index contributed by atoms with van der Waals surface area (Å²) in [5.41, 5.74) is 3.51. The molecule has 5 rings (SSSR count). The fraction of sp³-hybridized carbons (Fsp3) is 0.111. The topological polar surface area (TPSA) is 76.9 Å². The predicted octanol–water partition coefficient (Wildman–Crippen LogP) is 5.36. The van der Waals surface area contributed by atoms with Gasteiger partial charge in [0, 0.05) is 11.1 Å². The lowest BCUT2D eigenvalue weighted by Gasteiger charge is -2.17. The van der Waals surface area contributed by atoms with Crippen LogP contribution in [0.1, 0.15) is 12.6 Å². The van der Waals surface area contributed by atoms with Crippen molar-refractivity contribution in [1.29, 1.82) is 0 Å². The van der Waals surface area contributed by atoms with Gasteiger partial charge in [-0.1, -0.05) is 60.3 Å². The fourth-order valence-electron chi connectivity index (χ4n) is 3.85. The average Bonchev–Trinajstić information content (AvgIpc) is 2.84. The minimum atomic E-state index is -0.504. The number of carbonyl (C=O) groups excluding carboxylic acids is 1. The van der Waals surface area contributed by atoms with E-state index in [1.54, 1.807) is 10.6 Å². The quantitative estimate of drug-likeness (QED) is 0.279. The van der Waals surface area contributed by atoms with Crippen LogP contribution in [0.4, 0.5) is 5.69 Å². The van der Waals surface area contributed by atoms with Crippen molar-refractivity contribution >= 4 is 45.2 Å². The van der Waals surface area contributed by atoms with E-state index in [0.717, 1.165) is 16.6 Å². The summed E-state index contributed by atoms with van der Waals surface area (Å²) < 4.78 is 1.57. The molecule has 0 aliphatic carbocycles. The zero-order valence-corrected chi connectivity index (χ0v) is 19.5. The van der Waals surface area contributed by atoms with Crippen LogP contribution in [-0.4, -0.2) is 25.7 Å². The molecule has 34 heavy (non-hydrogen) atoms. The smallest absolute Gasteiger partial charge is 0.266 e. The largest absolute Gasteiger partial charge is 0.324 e. The van der Waals surface area contributed by atoms with Crippen LogP contribution in [0.3, 0.4) is 0 Å². The molecule has 0 radical (unpaired) electrons. The van der Waals surface area contributed by atoms with Crippen molar-refractivity contribution in [1.82, 2.24) is 14.5 Å². The summed E-state index contributed by atoms with van der Waals surface area (Å²) in [6.45, 7) is 3.71. The number of aromatic nitrogens is 3. The Hall–Kier alpha value is -3.97. The second-order valence-electron chi connectivity index (χ2n) is 7.97. The van der Waals surface area contributed by atoms with Gasteiger partial charge in [-0.05, 0) is 50.2 Å². The van der Waals surface area contributed by atoms with Gasteiger partial charge in [-0.2, -0.15) is 0 Å². The zero-order chi connectivity index (χ0) is 23.7. The standard InChI is InChI=1S/C27H22N4O2S/c1-17-16-24(20-12-6-8-14-22(20)28-17)29-25(32)18(2)34-27-30-23-15-9-7-13-21(23)26(33)31(27)19-10-4-3-5-11-19/h3-16,18H,1-2H3,(H,28,29,32). The number of para-hydroxylation sites is 3. The summed E-state index contributed by atoms with van der Waals surface area (Å²) in [4.78, 5) is 35.9. The Morgan fingerprint density at radius 3 is 2.24 bits per heavy atom. The van der Waals surface area contributed by atoms with E-state index in [9.17, 15) is 9.59 Å². The molecule has 0 bridgehead atoms. The first-order chi connectivity index (χ1) is 16.5. The number of hydrogen-bond donors (Lipinski definition) is 1. The predicted molar refractivity (Wildman–Crippen MR) is 138 cm³/mol. The summed E-state index contributed by atoms with van der Waals surface area (Å²) >= 11 is 1.26. The van der Waals surface area contributed by atoms with Crippen molar-refractivity contribution in [2.45, 2.75) is 24.3 Å². The third-order valence-corrected chi connectivity index (χ3v) is 6.57. The maximum absolute atomic E-state index is 13.4. The number of rotatable bonds is 5. The Kier molecular flexibility index (Phi) is 5.86. The summed E-state index contributed by atoms with van der Waals surface area (Å²) in [6.07, 6.45) is 0. The number of amides is 1. The van der Waals surface area contributed by atoms with E-state index in [-0.39, 0.29) is 11.5 Å². The number of fused-ring (bicyclic) bond motifs is 2. The first-order valence-electron chi connectivity index (χ1n) is 10.9. The molecule has 1 amide bonds. The van der Waals surface area contributed by atoms with Gasteiger partial charge >= 0.3 is 0 Å².